The number of aromatic nitrogens is 4. The topological polar surface area (TPSA) is 102 Å². The molecule has 8 nitrogen and oxygen atoms in total. The Kier molecular flexibility index (Phi) is 6.74. The lowest BCUT2D eigenvalue weighted by molar-refractivity contribution is -0.117. The molecule has 0 unspecified atom stereocenters. The molecular weight excluding hydrogens is 488 g/mol. The summed E-state index contributed by atoms with van der Waals surface area (Å²) in [5.41, 5.74) is 9.47. The number of hydrogen-bond donors (Lipinski definition) is 2. The first-order chi connectivity index (χ1) is 18.0. The number of aryl methyl sites for hydroxylation is 1. The van der Waals surface area contributed by atoms with Gasteiger partial charge in [-0.2, -0.15) is 5.10 Å². The second-order valence-corrected chi connectivity index (χ2v) is 8.48. The Balaban J connectivity index is 1.33. The third-order valence-corrected chi connectivity index (χ3v) is 6.05. The number of pyridine rings is 2. The number of nitrogens with one attached hydrogen (secondary N) is 2. The molecule has 0 aliphatic rings. The first-order valence-corrected chi connectivity index (χ1v) is 11.8. The van der Waals surface area contributed by atoms with Crippen molar-refractivity contribution in [2.75, 3.05) is 0 Å². The maximum atomic E-state index is 13.1. The molecule has 5 rings (SSSR count). The fourth-order valence-corrected chi connectivity index (χ4v) is 4.20. The monoisotopic (exact) mass is 508 g/mol. The number of fused-ring (bicyclic) bond motifs is 1. The zero-order chi connectivity index (χ0) is 25.8. The Morgan fingerprint density at radius 3 is 2.46 bits per heavy atom. The fourth-order valence-electron chi connectivity index (χ4n) is 3.86. The second kappa shape index (κ2) is 10.4. The maximum Gasteiger partial charge on any atom is 0.270 e. The standard InChI is InChI=1S/C28H21ClN6O2/c1-18-21(27(29)35(34-18)20-7-3-2-4-8-20)11-12-26(36)32-33-28(37)23-17-25(19-13-15-30-16-14-19)31-24-10-6-5-9-22(23)24/h2-17H,1H3,(H,32,36)(H,33,37). The number of carbonyl (C=O) groups is 2. The third-order valence-electron chi connectivity index (χ3n) is 5.69. The van der Waals surface area contributed by atoms with Gasteiger partial charge in [-0.15, -0.1) is 0 Å². The maximum absolute atomic E-state index is 13.1. The van der Waals surface area contributed by atoms with E-state index in [1.54, 1.807) is 36.1 Å². The van der Waals surface area contributed by atoms with E-state index in [0.717, 1.165) is 11.3 Å². The van der Waals surface area contributed by atoms with Crippen molar-refractivity contribution in [3.05, 3.63) is 113 Å². The number of halogens is 1. The molecule has 2 aromatic carbocycles. The molecule has 182 valence electrons. The Bertz CT molecular complexity index is 1630. The molecule has 0 aliphatic carbocycles. The summed E-state index contributed by atoms with van der Waals surface area (Å²) in [7, 11) is 0. The minimum atomic E-state index is -0.524. The van der Waals surface area contributed by atoms with Gasteiger partial charge in [0.05, 0.1) is 28.2 Å². The Hall–Kier alpha value is -4.82. The number of para-hydroxylation sites is 2. The minimum absolute atomic E-state index is 0.378. The van der Waals surface area contributed by atoms with Crippen LogP contribution in [0.3, 0.4) is 0 Å². The lowest BCUT2D eigenvalue weighted by Crippen LogP contribution is -2.40. The molecule has 0 saturated heterocycles. The second-order valence-electron chi connectivity index (χ2n) is 8.12. The first kappa shape index (κ1) is 23.9. The Morgan fingerprint density at radius 2 is 1.68 bits per heavy atom. The number of rotatable bonds is 5. The molecule has 9 heteroatoms. The van der Waals surface area contributed by atoms with Gasteiger partial charge in [-0.05, 0) is 49.4 Å². The number of hydrazine groups is 1. The van der Waals surface area contributed by atoms with Gasteiger partial charge in [-0.1, -0.05) is 48.0 Å². The van der Waals surface area contributed by atoms with E-state index in [4.69, 9.17) is 11.6 Å². The van der Waals surface area contributed by atoms with Crippen molar-refractivity contribution in [1.29, 1.82) is 0 Å². The largest absolute Gasteiger partial charge is 0.270 e. The lowest BCUT2D eigenvalue weighted by atomic mass is 10.0. The van der Waals surface area contributed by atoms with Crippen molar-refractivity contribution in [1.82, 2.24) is 30.6 Å². The fraction of sp³-hybridized carbons (Fsp3) is 0.0357. The molecule has 0 spiro atoms. The van der Waals surface area contributed by atoms with Crippen LogP contribution >= 0.6 is 11.6 Å². The van der Waals surface area contributed by atoms with Gasteiger partial charge in [0, 0.05) is 35.0 Å². The highest BCUT2D eigenvalue weighted by Gasteiger charge is 2.15. The van der Waals surface area contributed by atoms with E-state index in [0.29, 0.717) is 38.6 Å². The quantitative estimate of drug-likeness (QED) is 0.259. The molecule has 2 amide bonds. The molecular formula is C28H21ClN6O2. The number of nitrogens with zero attached hydrogens (tertiary/aromatic N) is 4. The van der Waals surface area contributed by atoms with Crippen LogP contribution in [0.2, 0.25) is 5.15 Å². The lowest BCUT2D eigenvalue weighted by Gasteiger charge is -2.10. The average Bonchev–Trinajstić information content (AvgIpc) is 3.23. The van der Waals surface area contributed by atoms with Gasteiger partial charge in [0.2, 0.25) is 0 Å². The summed E-state index contributed by atoms with van der Waals surface area (Å²) >= 11 is 6.51. The van der Waals surface area contributed by atoms with Gasteiger partial charge < -0.3 is 0 Å². The minimum Gasteiger partial charge on any atom is -0.268 e. The van der Waals surface area contributed by atoms with E-state index >= 15 is 0 Å². The van der Waals surface area contributed by atoms with Crippen LogP contribution < -0.4 is 10.9 Å². The van der Waals surface area contributed by atoms with E-state index in [9.17, 15) is 9.59 Å². The van der Waals surface area contributed by atoms with Gasteiger partial charge in [-0.3, -0.25) is 25.4 Å². The Labute approximate surface area is 217 Å². The molecule has 0 radical (unpaired) electrons. The summed E-state index contributed by atoms with van der Waals surface area (Å²) in [5, 5.41) is 5.50. The van der Waals surface area contributed by atoms with E-state index in [-0.39, 0.29) is 0 Å². The van der Waals surface area contributed by atoms with Crippen molar-refractivity contribution in [2.45, 2.75) is 6.92 Å². The van der Waals surface area contributed by atoms with Crippen molar-refractivity contribution < 1.29 is 9.59 Å². The van der Waals surface area contributed by atoms with Gasteiger partial charge in [0.25, 0.3) is 11.8 Å². The van der Waals surface area contributed by atoms with Crippen molar-refractivity contribution in [2.24, 2.45) is 0 Å². The molecule has 0 fully saturated rings. The van der Waals surface area contributed by atoms with Crippen molar-refractivity contribution in [3.63, 3.8) is 0 Å². The number of benzene rings is 2. The SMILES string of the molecule is Cc1nn(-c2ccccc2)c(Cl)c1C=CC(=O)NNC(=O)c1cc(-c2ccncc2)nc2ccccc12. The number of hydrogen-bond acceptors (Lipinski definition) is 5. The summed E-state index contributed by atoms with van der Waals surface area (Å²) in [6, 6.07) is 22.1. The zero-order valence-electron chi connectivity index (χ0n) is 19.7. The van der Waals surface area contributed by atoms with Crippen LogP contribution in [0.25, 0.3) is 33.9 Å². The van der Waals surface area contributed by atoms with Gasteiger partial charge in [0.15, 0.2) is 0 Å². The summed E-state index contributed by atoms with van der Waals surface area (Å²) in [6.45, 7) is 1.81. The third kappa shape index (κ3) is 5.10. The summed E-state index contributed by atoms with van der Waals surface area (Å²) in [6.07, 6.45) is 6.18. The molecule has 3 heterocycles. The molecule has 3 aromatic heterocycles. The van der Waals surface area contributed by atoms with Crippen LogP contribution in [0.15, 0.2) is 91.3 Å². The molecule has 0 aliphatic heterocycles. The van der Waals surface area contributed by atoms with E-state index < -0.39 is 11.8 Å². The number of carbonyl (C=O) groups excluding carboxylic acids is 2. The predicted molar refractivity (Wildman–Crippen MR) is 143 cm³/mol. The van der Waals surface area contributed by atoms with Crippen LogP contribution in [0.5, 0.6) is 0 Å². The van der Waals surface area contributed by atoms with Crippen LogP contribution in [-0.2, 0) is 4.79 Å². The average molecular weight is 509 g/mol. The first-order valence-electron chi connectivity index (χ1n) is 11.4. The number of amides is 2. The molecule has 0 atom stereocenters. The van der Waals surface area contributed by atoms with E-state index in [1.807, 2.05) is 66.7 Å². The van der Waals surface area contributed by atoms with Gasteiger partial charge >= 0.3 is 0 Å². The van der Waals surface area contributed by atoms with E-state index in [1.165, 1.54) is 6.08 Å². The normalized spacial score (nSPS) is 11.1. The van der Waals surface area contributed by atoms with Crippen LogP contribution in [0.1, 0.15) is 21.6 Å². The Morgan fingerprint density at radius 1 is 0.946 bits per heavy atom. The molecule has 5 aromatic rings. The molecule has 0 saturated carbocycles. The summed E-state index contributed by atoms with van der Waals surface area (Å²) < 4.78 is 1.60. The highest BCUT2D eigenvalue weighted by molar-refractivity contribution is 6.31. The van der Waals surface area contributed by atoms with Crippen LogP contribution in [0, 0.1) is 6.92 Å². The van der Waals surface area contributed by atoms with Gasteiger partial charge in [0.1, 0.15) is 5.15 Å². The van der Waals surface area contributed by atoms with Crippen molar-refractivity contribution >= 4 is 40.4 Å². The van der Waals surface area contributed by atoms with E-state index in [2.05, 4.69) is 25.9 Å². The van der Waals surface area contributed by atoms with Crippen LogP contribution in [-0.4, -0.2) is 31.6 Å². The zero-order valence-corrected chi connectivity index (χ0v) is 20.5. The molecule has 2 N–H and O–H groups in total. The van der Waals surface area contributed by atoms with Gasteiger partial charge in [-0.25, -0.2) is 9.67 Å². The molecule has 0 bridgehead atoms. The highest BCUT2D eigenvalue weighted by atomic mass is 35.5. The summed E-state index contributed by atoms with van der Waals surface area (Å²) in [5.74, 6) is -0.995. The summed E-state index contributed by atoms with van der Waals surface area (Å²) in [4.78, 5) is 34.3. The molecule has 37 heavy (non-hydrogen) atoms. The van der Waals surface area contributed by atoms with Crippen LogP contribution in [0.4, 0.5) is 0 Å². The highest BCUT2D eigenvalue weighted by Crippen LogP contribution is 2.25. The predicted octanol–water partition coefficient (Wildman–Crippen LogP) is 4.92. The van der Waals surface area contributed by atoms with Crippen molar-refractivity contribution in [3.8, 4) is 16.9 Å². The smallest absolute Gasteiger partial charge is 0.268 e.